The van der Waals surface area contributed by atoms with Crippen molar-refractivity contribution in [2.45, 2.75) is 70.9 Å². The molecule has 0 aromatic rings. The van der Waals surface area contributed by atoms with Crippen LogP contribution in [0.1, 0.15) is 58.8 Å². The van der Waals surface area contributed by atoms with Crippen molar-refractivity contribution >= 4 is 10.2 Å². The summed E-state index contributed by atoms with van der Waals surface area (Å²) < 4.78 is 29.3. The second-order valence-corrected chi connectivity index (χ2v) is 7.69. The van der Waals surface area contributed by atoms with Crippen LogP contribution in [-0.2, 0) is 10.2 Å². The number of hydrogen-bond acceptors (Lipinski definition) is 2. The molecule has 0 bridgehead atoms. The lowest BCUT2D eigenvalue weighted by molar-refractivity contribution is 0.258. The van der Waals surface area contributed by atoms with Gasteiger partial charge in [-0.25, -0.2) is 0 Å². The summed E-state index contributed by atoms with van der Waals surface area (Å²) in [4.78, 5) is 0. The average molecular weight is 274 g/mol. The second-order valence-electron chi connectivity index (χ2n) is 6.04. The van der Waals surface area contributed by atoms with Crippen LogP contribution in [0.15, 0.2) is 0 Å². The summed E-state index contributed by atoms with van der Waals surface area (Å²) in [5.74, 6) is 0.750. The van der Waals surface area contributed by atoms with E-state index in [4.69, 9.17) is 0 Å². The third kappa shape index (κ3) is 3.45. The molecule has 0 aromatic heterocycles. The smallest absolute Gasteiger partial charge is 0.199 e. The van der Waals surface area contributed by atoms with Crippen LogP contribution >= 0.6 is 0 Å². The molecule has 1 atom stereocenters. The number of nitrogens with zero attached hydrogens (tertiary/aromatic N) is 1. The van der Waals surface area contributed by atoms with E-state index in [9.17, 15) is 8.42 Å². The highest BCUT2D eigenvalue weighted by Crippen LogP contribution is 2.25. The largest absolute Gasteiger partial charge is 0.279 e. The molecule has 1 saturated carbocycles. The number of rotatable bonds is 3. The van der Waals surface area contributed by atoms with Gasteiger partial charge >= 0.3 is 0 Å². The molecule has 0 radical (unpaired) electrons. The van der Waals surface area contributed by atoms with Gasteiger partial charge in [-0.2, -0.15) is 17.4 Å². The van der Waals surface area contributed by atoms with Crippen LogP contribution in [0.3, 0.4) is 0 Å². The molecular weight excluding hydrogens is 248 g/mol. The monoisotopic (exact) mass is 274 g/mol. The fourth-order valence-corrected chi connectivity index (χ4v) is 4.83. The Balaban J connectivity index is 1.94. The average Bonchev–Trinajstić information content (AvgIpc) is 2.32. The molecule has 2 fully saturated rings. The minimum atomic E-state index is -3.27. The van der Waals surface area contributed by atoms with Crippen molar-refractivity contribution in [1.29, 1.82) is 0 Å². The Kier molecular flexibility index (Phi) is 4.67. The lowest BCUT2D eigenvalue weighted by Crippen LogP contribution is -2.51. The number of hydrogen-bond donors (Lipinski definition) is 1. The zero-order valence-electron chi connectivity index (χ0n) is 11.6. The Morgan fingerprint density at radius 2 is 1.67 bits per heavy atom. The lowest BCUT2D eigenvalue weighted by Gasteiger charge is -2.35. The molecular formula is C13H26N2O2S. The SMILES string of the molecule is CC1CCC(NS(=O)(=O)N2CCCC[C@H]2C)CC1. The van der Waals surface area contributed by atoms with Gasteiger partial charge in [-0.05, 0) is 51.4 Å². The van der Waals surface area contributed by atoms with Gasteiger partial charge in [0.1, 0.15) is 0 Å². The quantitative estimate of drug-likeness (QED) is 0.858. The predicted octanol–water partition coefficient (Wildman–Crippen LogP) is 2.27. The van der Waals surface area contributed by atoms with Gasteiger partial charge in [0, 0.05) is 18.6 Å². The van der Waals surface area contributed by atoms with Gasteiger partial charge in [-0.15, -0.1) is 0 Å². The van der Waals surface area contributed by atoms with Crippen LogP contribution in [-0.4, -0.2) is 31.4 Å². The van der Waals surface area contributed by atoms with Crippen LogP contribution in [0, 0.1) is 5.92 Å². The summed E-state index contributed by atoms with van der Waals surface area (Å²) in [6.45, 7) is 4.94. The second kappa shape index (κ2) is 5.88. The fraction of sp³-hybridized carbons (Fsp3) is 1.00. The maximum Gasteiger partial charge on any atom is 0.279 e. The third-order valence-electron chi connectivity index (χ3n) is 4.38. The van der Waals surface area contributed by atoms with E-state index in [0.717, 1.165) is 50.9 Å². The molecule has 106 valence electrons. The van der Waals surface area contributed by atoms with Crippen LogP contribution in [0.25, 0.3) is 0 Å². The maximum atomic E-state index is 12.4. The zero-order chi connectivity index (χ0) is 13.2. The first-order valence-corrected chi connectivity index (χ1v) is 8.72. The highest BCUT2D eigenvalue weighted by atomic mass is 32.2. The summed E-state index contributed by atoms with van der Waals surface area (Å²) in [5, 5.41) is 0. The first-order valence-electron chi connectivity index (χ1n) is 7.28. The summed E-state index contributed by atoms with van der Waals surface area (Å²) >= 11 is 0. The molecule has 1 heterocycles. The first-order chi connectivity index (χ1) is 8.49. The lowest BCUT2D eigenvalue weighted by atomic mass is 9.88. The Hall–Kier alpha value is -0.130. The minimum Gasteiger partial charge on any atom is -0.199 e. The van der Waals surface area contributed by atoms with Crippen LogP contribution in [0.5, 0.6) is 0 Å². The Morgan fingerprint density at radius 1 is 1.00 bits per heavy atom. The van der Waals surface area contributed by atoms with Crippen molar-refractivity contribution in [3.05, 3.63) is 0 Å². The Bertz CT molecular complexity index is 361. The molecule has 1 N–H and O–H groups in total. The molecule has 1 saturated heterocycles. The van der Waals surface area contributed by atoms with E-state index >= 15 is 0 Å². The Morgan fingerprint density at radius 3 is 2.28 bits per heavy atom. The van der Waals surface area contributed by atoms with Gasteiger partial charge in [0.25, 0.3) is 10.2 Å². The molecule has 2 aliphatic rings. The highest BCUT2D eigenvalue weighted by molar-refractivity contribution is 7.87. The van der Waals surface area contributed by atoms with Crippen molar-refractivity contribution in [2.24, 2.45) is 5.92 Å². The summed E-state index contributed by atoms with van der Waals surface area (Å²) in [7, 11) is -3.27. The van der Waals surface area contributed by atoms with E-state index in [0.29, 0.717) is 6.54 Å². The molecule has 1 aliphatic carbocycles. The van der Waals surface area contributed by atoms with E-state index in [1.54, 1.807) is 4.31 Å². The molecule has 2 rings (SSSR count). The van der Waals surface area contributed by atoms with Gasteiger partial charge in [-0.1, -0.05) is 13.3 Å². The van der Waals surface area contributed by atoms with Gasteiger partial charge in [-0.3, -0.25) is 0 Å². The van der Waals surface area contributed by atoms with Crippen molar-refractivity contribution in [2.75, 3.05) is 6.54 Å². The first kappa shape index (κ1) is 14.3. The number of piperidine rings is 1. The van der Waals surface area contributed by atoms with Gasteiger partial charge in [0.05, 0.1) is 0 Å². The zero-order valence-corrected chi connectivity index (χ0v) is 12.4. The summed E-state index contributed by atoms with van der Waals surface area (Å²) in [6, 6.07) is 0.305. The van der Waals surface area contributed by atoms with Gasteiger partial charge in [0.15, 0.2) is 0 Å². The third-order valence-corrected chi connectivity index (χ3v) is 6.17. The van der Waals surface area contributed by atoms with Crippen LogP contribution < -0.4 is 4.72 Å². The molecule has 5 heteroatoms. The fourth-order valence-electron chi connectivity index (χ4n) is 3.09. The summed E-state index contributed by atoms with van der Waals surface area (Å²) in [6.07, 6.45) is 7.39. The molecule has 18 heavy (non-hydrogen) atoms. The molecule has 1 aliphatic heterocycles. The van der Waals surface area contributed by atoms with Gasteiger partial charge < -0.3 is 0 Å². The summed E-state index contributed by atoms with van der Waals surface area (Å²) in [5.41, 5.74) is 0. The molecule has 4 nitrogen and oxygen atoms in total. The van der Waals surface area contributed by atoms with Crippen molar-refractivity contribution in [3.8, 4) is 0 Å². The van der Waals surface area contributed by atoms with Crippen molar-refractivity contribution in [1.82, 2.24) is 9.03 Å². The van der Waals surface area contributed by atoms with Crippen molar-refractivity contribution < 1.29 is 8.42 Å². The minimum absolute atomic E-state index is 0.152. The Labute approximate surface area is 111 Å². The molecule has 0 aromatic carbocycles. The topological polar surface area (TPSA) is 49.4 Å². The van der Waals surface area contributed by atoms with E-state index in [2.05, 4.69) is 11.6 Å². The molecule has 0 unspecified atom stereocenters. The normalized spacial score (nSPS) is 35.6. The van der Waals surface area contributed by atoms with Crippen LogP contribution in [0.2, 0.25) is 0 Å². The molecule has 0 spiro atoms. The van der Waals surface area contributed by atoms with E-state index < -0.39 is 10.2 Å². The number of nitrogens with one attached hydrogen (secondary N) is 1. The van der Waals surface area contributed by atoms with Crippen molar-refractivity contribution in [3.63, 3.8) is 0 Å². The van der Waals surface area contributed by atoms with E-state index in [1.807, 2.05) is 6.92 Å². The van der Waals surface area contributed by atoms with E-state index in [1.165, 1.54) is 0 Å². The maximum absolute atomic E-state index is 12.4. The predicted molar refractivity (Wildman–Crippen MR) is 73.5 cm³/mol. The van der Waals surface area contributed by atoms with Crippen LogP contribution in [0.4, 0.5) is 0 Å². The highest BCUT2D eigenvalue weighted by Gasteiger charge is 2.32. The standard InChI is InChI=1S/C13H26N2O2S/c1-11-6-8-13(9-7-11)14-18(16,17)15-10-4-3-5-12(15)2/h11-14H,3-10H2,1-2H3/t11?,12-,13?/m1/s1. The van der Waals surface area contributed by atoms with E-state index in [-0.39, 0.29) is 12.1 Å². The van der Waals surface area contributed by atoms with Gasteiger partial charge in [0.2, 0.25) is 0 Å². The molecule has 0 amide bonds.